The Balaban J connectivity index is 1.03. The third kappa shape index (κ3) is 8.58. The molecule has 3 heterocycles. The van der Waals surface area contributed by atoms with Gasteiger partial charge in [0.25, 0.3) is 5.91 Å². The fraction of sp³-hybridized carbons (Fsp3) is 0.341. The van der Waals surface area contributed by atoms with Crippen LogP contribution >= 0.6 is 0 Å². The van der Waals surface area contributed by atoms with Crippen molar-refractivity contribution >= 4 is 17.9 Å². The minimum Gasteiger partial charge on any atom is -0.445 e. The molecule has 0 aliphatic carbocycles. The van der Waals surface area contributed by atoms with Gasteiger partial charge in [-0.2, -0.15) is 0 Å². The molecule has 3 aliphatic rings. The van der Waals surface area contributed by atoms with E-state index in [-0.39, 0.29) is 44.3 Å². The van der Waals surface area contributed by atoms with E-state index in [4.69, 9.17) is 18.9 Å². The lowest BCUT2D eigenvalue weighted by atomic mass is 9.97. The van der Waals surface area contributed by atoms with Crippen molar-refractivity contribution in [1.29, 1.82) is 0 Å². The van der Waals surface area contributed by atoms with Crippen LogP contribution in [-0.4, -0.2) is 77.8 Å². The lowest BCUT2D eigenvalue weighted by Crippen LogP contribution is -2.44. The van der Waals surface area contributed by atoms with E-state index in [1.165, 1.54) is 4.90 Å². The van der Waals surface area contributed by atoms with Crippen LogP contribution < -0.4 is 5.32 Å². The summed E-state index contributed by atoms with van der Waals surface area (Å²) < 4.78 is 23.9. The molecule has 1 unspecified atom stereocenters. The van der Waals surface area contributed by atoms with Crippen molar-refractivity contribution in [3.05, 3.63) is 131 Å². The first kappa shape index (κ1) is 35.5. The molecule has 11 nitrogen and oxygen atoms in total. The molecule has 3 amide bonds. The van der Waals surface area contributed by atoms with Crippen LogP contribution in [0.15, 0.2) is 103 Å². The maximum absolute atomic E-state index is 13.3. The highest BCUT2D eigenvalue weighted by molar-refractivity contribution is 6.06. The third-order valence-corrected chi connectivity index (χ3v) is 9.77. The molecule has 0 spiro atoms. The van der Waals surface area contributed by atoms with Gasteiger partial charge in [-0.3, -0.25) is 19.4 Å². The van der Waals surface area contributed by atoms with Gasteiger partial charge >= 0.3 is 6.09 Å². The Morgan fingerprint density at radius 2 is 1.54 bits per heavy atom. The number of imide groups is 1. The van der Waals surface area contributed by atoms with E-state index < -0.39 is 24.3 Å². The number of aliphatic hydroxyl groups is 1. The topological polar surface area (TPSA) is 127 Å². The fourth-order valence-electron chi connectivity index (χ4n) is 6.90. The SMILES string of the molecule is O=C(NC1CC(=O)N(Cc2ccccc2-c2ccc([C@H]3O[C@@H](CN4CCOCC4)C[C@@H](c4ccc(CO)cc4)O3)cc2)C1=O)OCc1ccccc1. The second kappa shape index (κ2) is 16.6. The van der Waals surface area contributed by atoms with Crippen LogP contribution in [-0.2, 0) is 48.3 Å². The highest BCUT2D eigenvalue weighted by Crippen LogP contribution is 2.39. The van der Waals surface area contributed by atoms with E-state index >= 15 is 0 Å². The quantitative estimate of drug-likeness (QED) is 0.201. The summed E-state index contributed by atoms with van der Waals surface area (Å²) in [6.45, 7) is 4.05. The van der Waals surface area contributed by atoms with Gasteiger partial charge in [-0.25, -0.2) is 4.79 Å². The van der Waals surface area contributed by atoms with Gasteiger partial charge in [0.15, 0.2) is 6.29 Å². The van der Waals surface area contributed by atoms with Gasteiger partial charge < -0.3 is 29.4 Å². The minimum atomic E-state index is -0.985. The van der Waals surface area contributed by atoms with Crippen molar-refractivity contribution < 1.29 is 38.4 Å². The summed E-state index contributed by atoms with van der Waals surface area (Å²) in [5.74, 6) is -0.826. The number of benzene rings is 4. The Hall–Kier alpha value is -4.91. The number of aliphatic hydroxyl groups excluding tert-OH is 1. The number of carbonyl (C=O) groups excluding carboxylic acids is 3. The molecule has 52 heavy (non-hydrogen) atoms. The zero-order chi connectivity index (χ0) is 35.9. The summed E-state index contributed by atoms with van der Waals surface area (Å²) in [4.78, 5) is 42.3. The van der Waals surface area contributed by atoms with Crippen LogP contribution in [0, 0.1) is 0 Å². The number of alkyl carbamates (subject to hydrolysis) is 1. The van der Waals surface area contributed by atoms with Gasteiger partial charge in [0, 0.05) is 31.6 Å². The summed E-state index contributed by atoms with van der Waals surface area (Å²) in [6.07, 6.45) is -0.998. The average Bonchev–Trinajstić information content (AvgIpc) is 3.45. The molecule has 3 fully saturated rings. The van der Waals surface area contributed by atoms with Gasteiger partial charge in [0.2, 0.25) is 5.91 Å². The largest absolute Gasteiger partial charge is 0.445 e. The van der Waals surface area contributed by atoms with Crippen LogP contribution in [0.5, 0.6) is 0 Å². The molecular formula is C41H43N3O8. The summed E-state index contributed by atoms with van der Waals surface area (Å²) in [5, 5.41) is 12.1. The Labute approximate surface area is 303 Å². The molecule has 11 heteroatoms. The highest BCUT2D eigenvalue weighted by atomic mass is 16.7. The van der Waals surface area contributed by atoms with E-state index in [0.29, 0.717) is 19.6 Å². The van der Waals surface area contributed by atoms with Crippen molar-refractivity contribution in [3.63, 3.8) is 0 Å². The van der Waals surface area contributed by atoms with Crippen LogP contribution in [0.2, 0.25) is 0 Å². The number of amides is 3. The van der Waals surface area contributed by atoms with Gasteiger partial charge in [0.05, 0.1) is 45.0 Å². The smallest absolute Gasteiger partial charge is 0.408 e. The van der Waals surface area contributed by atoms with E-state index in [1.54, 1.807) is 0 Å². The molecule has 270 valence electrons. The van der Waals surface area contributed by atoms with Gasteiger partial charge in [-0.15, -0.1) is 0 Å². The van der Waals surface area contributed by atoms with Crippen molar-refractivity contribution in [1.82, 2.24) is 15.1 Å². The van der Waals surface area contributed by atoms with Crippen LogP contribution in [0.4, 0.5) is 4.79 Å². The molecule has 4 aromatic rings. The van der Waals surface area contributed by atoms with E-state index in [9.17, 15) is 19.5 Å². The normalized spacial score (nSPS) is 22.4. The highest BCUT2D eigenvalue weighted by Gasteiger charge is 2.40. The maximum atomic E-state index is 13.3. The van der Waals surface area contributed by atoms with Crippen LogP contribution in [0.1, 0.15) is 53.1 Å². The first-order valence-corrected chi connectivity index (χ1v) is 17.7. The molecule has 0 saturated carbocycles. The summed E-state index contributed by atoms with van der Waals surface area (Å²) in [7, 11) is 0. The van der Waals surface area contributed by atoms with Gasteiger partial charge in [-0.05, 0) is 33.4 Å². The number of rotatable bonds is 11. The lowest BCUT2D eigenvalue weighted by Gasteiger charge is -2.39. The molecule has 7 rings (SSSR count). The molecule has 0 aromatic heterocycles. The summed E-state index contributed by atoms with van der Waals surface area (Å²) in [5.41, 5.74) is 6.17. The van der Waals surface area contributed by atoms with E-state index in [0.717, 1.165) is 58.6 Å². The average molecular weight is 706 g/mol. The van der Waals surface area contributed by atoms with Crippen molar-refractivity contribution in [2.75, 3.05) is 32.8 Å². The van der Waals surface area contributed by atoms with Crippen LogP contribution in [0.25, 0.3) is 11.1 Å². The molecule has 2 N–H and O–H groups in total. The number of hydrogen-bond donors (Lipinski definition) is 2. The number of likely N-dealkylation sites (tertiary alicyclic amines) is 1. The van der Waals surface area contributed by atoms with Gasteiger partial charge in [-0.1, -0.05) is 103 Å². The predicted octanol–water partition coefficient (Wildman–Crippen LogP) is 5.28. The second-order valence-electron chi connectivity index (χ2n) is 13.3. The van der Waals surface area contributed by atoms with Crippen molar-refractivity contribution in [3.8, 4) is 11.1 Å². The Morgan fingerprint density at radius 1 is 0.827 bits per heavy atom. The molecule has 3 aliphatic heterocycles. The first-order chi connectivity index (χ1) is 25.4. The molecule has 3 saturated heterocycles. The Kier molecular flexibility index (Phi) is 11.3. The number of nitrogens with zero attached hydrogens (tertiary/aromatic N) is 2. The molecule has 0 radical (unpaired) electrons. The standard InChI is InChI=1S/C41H43N3O8/c45-26-28-10-12-31(13-11-28)37-22-34(25-43-18-20-49-21-19-43)51-40(52-37)32-16-14-30(15-17-32)35-9-5-4-8-33(35)24-44-38(46)23-36(39(44)47)42-41(48)50-27-29-6-2-1-3-7-29/h1-17,34,36-37,40,45H,18-27H2,(H,42,48)/t34-,36?,37+,40+/m1/s1. The number of hydrogen-bond acceptors (Lipinski definition) is 9. The van der Waals surface area contributed by atoms with E-state index in [1.807, 2.05) is 103 Å². The number of ether oxygens (including phenoxy) is 4. The van der Waals surface area contributed by atoms with E-state index in [2.05, 4.69) is 10.2 Å². The molecule has 4 aromatic carbocycles. The first-order valence-electron chi connectivity index (χ1n) is 17.7. The maximum Gasteiger partial charge on any atom is 0.408 e. The van der Waals surface area contributed by atoms with Gasteiger partial charge in [0.1, 0.15) is 12.6 Å². The summed E-state index contributed by atoms with van der Waals surface area (Å²) >= 11 is 0. The predicted molar refractivity (Wildman–Crippen MR) is 191 cm³/mol. The minimum absolute atomic E-state index is 0.0128. The third-order valence-electron chi connectivity index (χ3n) is 9.77. The van der Waals surface area contributed by atoms with Crippen molar-refractivity contribution in [2.24, 2.45) is 0 Å². The number of nitrogens with one attached hydrogen (secondary N) is 1. The molecular weight excluding hydrogens is 662 g/mol. The summed E-state index contributed by atoms with van der Waals surface area (Å²) in [6, 6.07) is 31.8. The number of morpholine rings is 1. The monoisotopic (exact) mass is 705 g/mol. The molecule has 4 atom stereocenters. The molecule has 0 bridgehead atoms. The Morgan fingerprint density at radius 3 is 2.29 bits per heavy atom. The number of carbonyl (C=O) groups is 3. The van der Waals surface area contributed by atoms with Crippen LogP contribution in [0.3, 0.4) is 0 Å². The zero-order valence-corrected chi connectivity index (χ0v) is 28.9. The van der Waals surface area contributed by atoms with Crippen molar-refractivity contribution in [2.45, 2.75) is 57.1 Å². The lowest BCUT2D eigenvalue weighted by molar-refractivity contribution is -0.253. The fourth-order valence-corrected chi connectivity index (χ4v) is 6.90. The second-order valence-corrected chi connectivity index (χ2v) is 13.3. The Bertz CT molecular complexity index is 1830. The zero-order valence-electron chi connectivity index (χ0n) is 28.9.